The van der Waals surface area contributed by atoms with Crippen LogP contribution < -0.4 is 4.90 Å². The molecule has 2 heterocycles. The Balaban J connectivity index is 2.16. The van der Waals surface area contributed by atoms with Crippen LogP contribution in [0.3, 0.4) is 0 Å². The van der Waals surface area contributed by atoms with Gasteiger partial charge in [0.25, 0.3) is 0 Å². The van der Waals surface area contributed by atoms with Crippen molar-refractivity contribution < 1.29 is 4.39 Å². The van der Waals surface area contributed by atoms with Crippen LogP contribution in [0.5, 0.6) is 0 Å². The van der Waals surface area contributed by atoms with Crippen LogP contribution in [0, 0.1) is 19.8 Å². The van der Waals surface area contributed by atoms with Gasteiger partial charge >= 0.3 is 0 Å². The first-order chi connectivity index (χ1) is 7.69. The average Bonchev–Trinajstić information content (AvgIpc) is 2.28. The van der Waals surface area contributed by atoms with Gasteiger partial charge in [-0.1, -0.05) is 0 Å². The third-order valence-electron chi connectivity index (χ3n) is 2.99. The monoisotopic (exact) mass is 223 g/mol. The highest BCUT2D eigenvalue weighted by Crippen LogP contribution is 2.21. The van der Waals surface area contributed by atoms with Crippen molar-refractivity contribution in [3.63, 3.8) is 0 Å². The maximum atomic E-state index is 12.7. The molecule has 1 aliphatic rings. The topological polar surface area (TPSA) is 29.0 Å². The van der Waals surface area contributed by atoms with E-state index in [-0.39, 0.29) is 12.6 Å². The first kappa shape index (κ1) is 11.3. The maximum Gasteiger partial charge on any atom is 0.225 e. The van der Waals surface area contributed by atoms with Gasteiger partial charge in [0.2, 0.25) is 5.95 Å². The zero-order chi connectivity index (χ0) is 11.5. The lowest BCUT2D eigenvalue weighted by atomic mass is 10.00. The highest BCUT2D eigenvalue weighted by atomic mass is 19.1. The van der Waals surface area contributed by atoms with E-state index >= 15 is 0 Å². The Morgan fingerprint density at radius 3 is 2.69 bits per heavy atom. The van der Waals surface area contributed by atoms with Crippen molar-refractivity contribution in [1.29, 1.82) is 0 Å². The van der Waals surface area contributed by atoms with Gasteiger partial charge in [0, 0.05) is 30.4 Å². The number of hydrogen-bond donors (Lipinski definition) is 0. The van der Waals surface area contributed by atoms with E-state index < -0.39 is 0 Å². The Morgan fingerprint density at radius 1 is 1.38 bits per heavy atom. The molecule has 0 saturated carbocycles. The zero-order valence-corrected chi connectivity index (χ0v) is 9.91. The Kier molecular flexibility index (Phi) is 3.36. The van der Waals surface area contributed by atoms with Crippen LogP contribution in [-0.4, -0.2) is 29.7 Å². The number of nitrogens with zero attached hydrogens (tertiary/aromatic N) is 3. The zero-order valence-electron chi connectivity index (χ0n) is 9.91. The van der Waals surface area contributed by atoms with Gasteiger partial charge in [0.1, 0.15) is 0 Å². The summed E-state index contributed by atoms with van der Waals surface area (Å²) in [6.45, 7) is 5.39. The molecule has 0 aliphatic carbocycles. The summed E-state index contributed by atoms with van der Waals surface area (Å²) in [5.41, 5.74) is 1.95. The Labute approximate surface area is 95.7 Å². The molecule has 2 rings (SSSR count). The van der Waals surface area contributed by atoms with Crippen molar-refractivity contribution in [3.8, 4) is 0 Å². The fourth-order valence-corrected chi connectivity index (χ4v) is 2.22. The van der Waals surface area contributed by atoms with E-state index in [9.17, 15) is 4.39 Å². The summed E-state index contributed by atoms with van der Waals surface area (Å²) >= 11 is 0. The molecule has 0 radical (unpaired) electrons. The van der Waals surface area contributed by atoms with Crippen LogP contribution in [0.25, 0.3) is 0 Å². The van der Waals surface area contributed by atoms with E-state index in [4.69, 9.17) is 0 Å². The van der Waals surface area contributed by atoms with E-state index in [1.165, 1.54) is 0 Å². The molecule has 1 fully saturated rings. The van der Waals surface area contributed by atoms with Gasteiger partial charge in [-0.3, -0.25) is 4.39 Å². The van der Waals surface area contributed by atoms with Gasteiger partial charge in [-0.2, -0.15) is 0 Å². The van der Waals surface area contributed by atoms with Crippen molar-refractivity contribution in [3.05, 3.63) is 17.5 Å². The van der Waals surface area contributed by atoms with Crippen molar-refractivity contribution in [2.45, 2.75) is 26.7 Å². The molecule has 1 aromatic heterocycles. The van der Waals surface area contributed by atoms with Crippen molar-refractivity contribution in [2.75, 3.05) is 24.7 Å². The third kappa shape index (κ3) is 2.49. The fraction of sp³-hybridized carbons (Fsp3) is 0.667. The van der Waals surface area contributed by atoms with Crippen LogP contribution in [0.1, 0.15) is 24.2 Å². The first-order valence-electron chi connectivity index (χ1n) is 5.82. The minimum atomic E-state index is -0.235. The Bertz CT molecular complexity index is 347. The molecule has 1 aromatic rings. The third-order valence-corrected chi connectivity index (χ3v) is 2.99. The van der Waals surface area contributed by atoms with Gasteiger partial charge in [-0.15, -0.1) is 0 Å². The predicted octanol–water partition coefficient (Wildman–Crippen LogP) is 2.28. The fourth-order valence-electron chi connectivity index (χ4n) is 2.22. The van der Waals surface area contributed by atoms with E-state index in [0.29, 0.717) is 0 Å². The molecule has 16 heavy (non-hydrogen) atoms. The van der Waals surface area contributed by atoms with Gasteiger partial charge in [0.05, 0.1) is 6.67 Å². The predicted molar refractivity (Wildman–Crippen MR) is 62.4 cm³/mol. The van der Waals surface area contributed by atoms with E-state index in [1.807, 2.05) is 19.9 Å². The number of piperidine rings is 1. The molecule has 1 unspecified atom stereocenters. The Morgan fingerprint density at radius 2 is 2.06 bits per heavy atom. The number of hydrogen-bond acceptors (Lipinski definition) is 3. The number of aromatic nitrogens is 2. The second-order valence-electron chi connectivity index (χ2n) is 4.56. The van der Waals surface area contributed by atoms with Crippen LogP contribution in [-0.2, 0) is 0 Å². The molecule has 88 valence electrons. The summed E-state index contributed by atoms with van der Waals surface area (Å²) in [5.74, 6) is 0.911. The lowest BCUT2D eigenvalue weighted by Crippen LogP contribution is -2.37. The van der Waals surface area contributed by atoms with E-state index in [0.717, 1.165) is 43.3 Å². The van der Waals surface area contributed by atoms with E-state index in [2.05, 4.69) is 14.9 Å². The summed E-state index contributed by atoms with van der Waals surface area (Å²) in [4.78, 5) is 10.9. The summed E-state index contributed by atoms with van der Waals surface area (Å²) < 4.78 is 12.7. The maximum absolute atomic E-state index is 12.7. The molecule has 1 saturated heterocycles. The normalized spacial score (nSPS) is 21.2. The number of halogens is 1. The van der Waals surface area contributed by atoms with Crippen molar-refractivity contribution in [2.24, 2.45) is 5.92 Å². The molecular formula is C12H18FN3. The molecule has 4 heteroatoms. The lowest BCUT2D eigenvalue weighted by molar-refractivity contribution is 0.314. The molecule has 3 nitrogen and oxygen atoms in total. The van der Waals surface area contributed by atoms with Crippen molar-refractivity contribution >= 4 is 5.95 Å². The average molecular weight is 223 g/mol. The second-order valence-corrected chi connectivity index (χ2v) is 4.56. The minimum Gasteiger partial charge on any atom is -0.340 e. The summed E-state index contributed by atoms with van der Waals surface area (Å²) in [6.07, 6.45) is 2.02. The summed E-state index contributed by atoms with van der Waals surface area (Å²) in [7, 11) is 0. The van der Waals surface area contributed by atoms with Gasteiger partial charge < -0.3 is 4.90 Å². The quantitative estimate of drug-likeness (QED) is 0.770. The SMILES string of the molecule is Cc1cc(C)nc(N2CCCC(CF)C2)n1. The molecule has 0 spiro atoms. The molecular weight excluding hydrogens is 205 g/mol. The highest BCUT2D eigenvalue weighted by molar-refractivity contribution is 5.32. The van der Waals surface area contributed by atoms with Crippen LogP contribution in [0.4, 0.5) is 10.3 Å². The lowest BCUT2D eigenvalue weighted by Gasteiger charge is -2.31. The highest BCUT2D eigenvalue weighted by Gasteiger charge is 2.21. The van der Waals surface area contributed by atoms with Gasteiger partial charge in [0.15, 0.2) is 0 Å². The minimum absolute atomic E-state index is 0.151. The van der Waals surface area contributed by atoms with E-state index in [1.54, 1.807) is 0 Å². The largest absolute Gasteiger partial charge is 0.340 e. The molecule has 0 amide bonds. The van der Waals surface area contributed by atoms with Crippen molar-refractivity contribution in [1.82, 2.24) is 9.97 Å². The number of anilines is 1. The van der Waals surface area contributed by atoms with Crippen LogP contribution in [0.15, 0.2) is 6.07 Å². The molecule has 0 aromatic carbocycles. The van der Waals surface area contributed by atoms with Crippen LogP contribution >= 0.6 is 0 Å². The summed E-state index contributed by atoms with van der Waals surface area (Å²) in [5, 5.41) is 0. The van der Waals surface area contributed by atoms with Gasteiger partial charge in [-0.05, 0) is 32.8 Å². The number of aryl methyl sites for hydroxylation is 2. The first-order valence-corrected chi connectivity index (χ1v) is 5.82. The molecule has 0 bridgehead atoms. The molecule has 0 N–H and O–H groups in total. The number of rotatable bonds is 2. The molecule has 1 aliphatic heterocycles. The Hall–Kier alpha value is -1.19. The smallest absolute Gasteiger partial charge is 0.225 e. The second kappa shape index (κ2) is 4.76. The van der Waals surface area contributed by atoms with Gasteiger partial charge in [-0.25, -0.2) is 9.97 Å². The molecule has 1 atom stereocenters. The van der Waals surface area contributed by atoms with Crippen LogP contribution in [0.2, 0.25) is 0 Å². The number of alkyl halides is 1. The summed E-state index contributed by atoms with van der Waals surface area (Å²) in [6, 6.07) is 1.96. The standard InChI is InChI=1S/C12H18FN3/c1-9-6-10(2)15-12(14-9)16-5-3-4-11(7-13)8-16/h6,11H,3-5,7-8H2,1-2H3.